The Morgan fingerprint density at radius 3 is 2.72 bits per heavy atom. The van der Waals surface area contributed by atoms with Crippen molar-refractivity contribution in [1.29, 1.82) is 0 Å². The van der Waals surface area contributed by atoms with Gasteiger partial charge in [-0.3, -0.25) is 0 Å². The molecular weight excluding hydrogens is 334 g/mol. The molecule has 0 saturated heterocycles. The second kappa shape index (κ2) is 8.67. The first-order chi connectivity index (χ1) is 12.1. The number of allylic oxidation sites excluding steroid dienone is 1. The van der Waals surface area contributed by atoms with Gasteiger partial charge in [0.25, 0.3) is 0 Å². The largest absolute Gasteiger partial charge is 0.508 e. The van der Waals surface area contributed by atoms with Crippen molar-refractivity contribution in [2.24, 2.45) is 4.99 Å². The van der Waals surface area contributed by atoms with Gasteiger partial charge in [-0.05, 0) is 32.1 Å². The molecule has 0 atom stereocenters. The fourth-order valence-corrected chi connectivity index (χ4v) is 3.19. The number of fused-ring (bicyclic) bond motifs is 1. The Balaban J connectivity index is 0.00000109. The van der Waals surface area contributed by atoms with Crippen LogP contribution in [0.4, 0.5) is 10.8 Å². The minimum absolute atomic E-state index is 0.233. The lowest BCUT2D eigenvalue weighted by molar-refractivity contribution is 0.415. The number of thiazole rings is 1. The summed E-state index contributed by atoms with van der Waals surface area (Å²) in [5.74, 6) is 0.944. The summed E-state index contributed by atoms with van der Waals surface area (Å²) in [6, 6.07) is 5.79. The van der Waals surface area contributed by atoms with Crippen LogP contribution in [-0.2, 0) is 0 Å². The van der Waals surface area contributed by atoms with Gasteiger partial charge in [0.1, 0.15) is 11.5 Å². The van der Waals surface area contributed by atoms with Crippen molar-refractivity contribution < 1.29 is 9.84 Å². The number of anilines is 1. The molecule has 0 amide bonds. The van der Waals surface area contributed by atoms with E-state index in [2.05, 4.69) is 24.1 Å². The maximum Gasteiger partial charge on any atom is 0.183 e. The second-order valence-corrected chi connectivity index (χ2v) is 6.43. The van der Waals surface area contributed by atoms with Crippen LogP contribution in [0.15, 0.2) is 34.6 Å². The van der Waals surface area contributed by atoms with E-state index in [1.807, 2.05) is 37.4 Å². The molecule has 2 heterocycles. The first kappa shape index (κ1) is 19.0. The Morgan fingerprint density at radius 1 is 1.28 bits per heavy atom. The number of aliphatic hydroxyl groups excluding tert-OH is 1. The van der Waals surface area contributed by atoms with Crippen LogP contribution in [0.3, 0.4) is 0 Å². The van der Waals surface area contributed by atoms with Gasteiger partial charge in [0.2, 0.25) is 0 Å². The molecule has 134 valence electrons. The summed E-state index contributed by atoms with van der Waals surface area (Å²) in [6.07, 6.45) is 2.31. The molecule has 0 spiro atoms. The monoisotopic (exact) mass is 359 g/mol. The van der Waals surface area contributed by atoms with E-state index in [0.717, 1.165) is 16.5 Å². The number of rotatable bonds is 4. The summed E-state index contributed by atoms with van der Waals surface area (Å²) in [4.78, 5) is 9.29. The first-order valence-corrected chi connectivity index (χ1v) is 9.32. The Bertz CT molecular complexity index is 779. The molecule has 0 radical (unpaired) electrons. The van der Waals surface area contributed by atoms with Gasteiger partial charge in [0, 0.05) is 29.5 Å². The number of hydrogen-bond acceptors (Lipinski definition) is 6. The molecule has 0 bridgehead atoms. The summed E-state index contributed by atoms with van der Waals surface area (Å²) >= 11 is 1.56. The number of aliphatic hydroxyl groups is 1. The molecule has 6 heteroatoms. The number of ether oxygens (including phenoxy) is 1. The fourth-order valence-electron chi connectivity index (χ4n) is 2.32. The predicted octanol–water partition coefficient (Wildman–Crippen LogP) is 5.42. The van der Waals surface area contributed by atoms with E-state index >= 15 is 0 Å². The third-order valence-electron chi connectivity index (χ3n) is 3.44. The second-order valence-electron chi connectivity index (χ2n) is 5.57. The Morgan fingerprint density at radius 2 is 2.04 bits per heavy atom. The van der Waals surface area contributed by atoms with Gasteiger partial charge < -0.3 is 15.2 Å². The zero-order chi connectivity index (χ0) is 18.4. The number of benzene rings is 1. The summed E-state index contributed by atoms with van der Waals surface area (Å²) in [6.45, 7) is 8.15. The van der Waals surface area contributed by atoms with Crippen LogP contribution in [0.5, 0.6) is 5.75 Å². The molecule has 25 heavy (non-hydrogen) atoms. The molecular formula is C19H25N3O2S. The minimum Gasteiger partial charge on any atom is -0.508 e. The molecule has 2 aromatic rings. The molecule has 2 N–H and O–H groups in total. The lowest BCUT2D eigenvalue weighted by atomic mass is 10.1. The van der Waals surface area contributed by atoms with E-state index in [4.69, 9.17) is 9.73 Å². The molecule has 0 aliphatic carbocycles. The third kappa shape index (κ3) is 4.60. The van der Waals surface area contributed by atoms with Crippen LogP contribution in [0.2, 0.25) is 0 Å². The number of aromatic nitrogens is 1. The molecule has 0 fully saturated rings. The Hall–Kier alpha value is -2.34. The van der Waals surface area contributed by atoms with Crippen molar-refractivity contribution in [2.75, 3.05) is 12.4 Å². The lowest BCUT2D eigenvalue weighted by Crippen LogP contribution is -2.09. The van der Waals surface area contributed by atoms with Crippen LogP contribution in [0, 0.1) is 0 Å². The van der Waals surface area contributed by atoms with Gasteiger partial charge in [0.05, 0.1) is 24.2 Å². The van der Waals surface area contributed by atoms with Crippen molar-refractivity contribution in [3.05, 3.63) is 40.9 Å². The standard InChI is InChI=1S/C17H19N3O2S.C2H6/c1-10(2)18-17-20-15(9-23-17)13-6-7-16(21)12-5-4-11(22-3)8-14(12)19-13;1-2/h4-5,7-10,21H,6H2,1-3H3,(H,18,20);1-2H3. The van der Waals surface area contributed by atoms with Crippen LogP contribution in [0.1, 0.15) is 45.4 Å². The summed E-state index contributed by atoms with van der Waals surface area (Å²) in [5, 5.41) is 16.4. The highest BCUT2D eigenvalue weighted by Gasteiger charge is 2.16. The van der Waals surface area contributed by atoms with Crippen LogP contribution < -0.4 is 10.1 Å². The van der Waals surface area contributed by atoms with Crippen molar-refractivity contribution >= 4 is 33.6 Å². The van der Waals surface area contributed by atoms with Gasteiger partial charge in [-0.25, -0.2) is 9.98 Å². The average molecular weight is 359 g/mol. The summed E-state index contributed by atoms with van der Waals surface area (Å²) in [7, 11) is 1.61. The number of nitrogens with one attached hydrogen (secondary N) is 1. The summed E-state index contributed by atoms with van der Waals surface area (Å²) in [5.41, 5.74) is 3.06. The highest BCUT2D eigenvalue weighted by atomic mass is 32.1. The van der Waals surface area contributed by atoms with Gasteiger partial charge in [-0.1, -0.05) is 13.8 Å². The SMILES string of the molecule is CC.COc1ccc2c(c1)N=C(c1csc(NC(C)C)n1)CC=C2O. The zero-order valence-corrected chi connectivity index (χ0v) is 16.1. The van der Waals surface area contributed by atoms with E-state index in [9.17, 15) is 5.11 Å². The predicted molar refractivity (Wildman–Crippen MR) is 107 cm³/mol. The highest BCUT2D eigenvalue weighted by Crippen LogP contribution is 2.33. The highest BCUT2D eigenvalue weighted by molar-refractivity contribution is 7.13. The van der Waals surface area contributed by atoms with Crippen molar-refractivity contribution in [3.63, 3.8) is 0 Å². The topological polar surface area (TPSA) is 66.7 Å². The zero-order valence-electron chi connectivity index (χ0n) is 15.3. The third-order valence-corrected chi connectivity index (χ3v) is 4.21. The molecule has 0 saturated carbocycles. The molecule has 1 aliphatic heterocycles. The average Bonchev–Trinajstić information content (AvgIpc) is 3.00. The molecule has 1 aliphatic rings. The lowest BCUT2D eigenvalue weighted by Gasteiger charge is -2.06. The van der Waals surface area contributed by atoms with Crippen molar-refractivity contribution in [3.8, 4) is 5.75 Å². The fraction of sp³-hybridized carbons (Fsp3) is 0.368. The number of aliphatic imine (C=N–C) groups is 1. The summed E-state index contributed by atoms with van der Waals surface area (Å²) < 4.78 is 5.25. The van der Waals surface area contributed by atoms with Crippen molar-refractivity contribution in [2.45, 2.75) is 40.2 Å². The first-order valence-electron chi connectivity index (χ1n) is 8.44. The smallest absolute Gasteiger partial charge is 0.183 e. The van der Waals surface area contributed by atoms with Crippen LogP contribution >= 0.6 is 11.3 Å². The molecule has 5 nitrogen and oxygen atoms in total. The maximum atomic E-state index is 10.2. The van der Waals surface area contributed by atoms with Crippen molar-refractivity contribution in [1.82, 2.24) is 4.98 Å². The number of hydrogen-bond donors (Lipinski definition) is 2. The van der Waals surface area contributed by atoms with Crippen LogP contribution in [0.25, 0.3) is 5.76 Å². The van der Waals surface area contributed by atoms with E-state index in [0.29, 0.717) is 29.5 Å². The van der Waals surface area contributed by atoms with Gasteiger partial charge >= 0.3 is 0 Å². The van der Waals surface area contributed by atoms with Gasteiger partial charge in [0.15, 0.2) is 5.13 Å². The van der Waals surface area contributed by atoms with E-state index in [1.165, 1.54) is 0 Å². The minimum atomic E-state index is 0.233. The van der Waals surface area contributed by atoms with Gasteiger partial charge in [-0.2, -0.15) is 0 Å². The molecule has 3 rings (SSSR count). The van der Waals surface area contributed by atoms with E-state index in [-0.39, 0.29) is 5.76 Å². The molecule has 1 aromatic heterocycles. The molecule has 0 unspecified atom stereocenters. The van der Waals surface area contributed by atoms with E-state index < -0.39 is 0 Å². The number of nitrogens with zero attached hydrogens (tertiary/aromatic N) is 2. The maximum absolute atomic E-state index is 10.2. The van der Waals surface area contributed by atoms with E-state index in [1.54, 1.807) is 24.5 Å². The van der Waals surface area contributed by atoms with Crippen LogP contribution in [-0.4, -0.2) is 29.0 Å². The normalized spacial score (nSPS) is 13.0. The quantitative estimate of drug-likeness (QED) is 0.765. The Labute approximate surface area is 153 Å². The number of methoxy groups -OCH3 is 1. The Kier molecular flexibility index (Phi) is 6.58. The van der Waals surface area contributed by atoms with Gasteiger partial charge in [-0.15, -0.1) is 11.3 Å². The molecule has 1 aromatic carbocycles.